The van der Waals surface area contributed by atoms with Crippen LogP contribution in [-0.4, -0.2) is 26.8 Å². The molecule has 0 saturated carbocycles. The predicted octanol–water partition coefficient (Wildman–Crippen LogP) is 4.14. The number of ether oxygens (including phenoxy) is 2. The molecular weight excluding hydrogens is 386 g/mol. The van der Waals surface area contributed by atoms with Crippen molar-refractivity contribution in [3.8, 4) is 11.5 Å². The van der Waals surface area contributed by atoms with Gasteiger partial charge < -0.3 is 14.8 Å². The number of aromatic nitrogens is 3. The van der Waals surface area contributed by atoms with Gasteiger partial charge in [0.25, 0.3) is 5.69 Å². The van der Waals surface area contributed by atoms with Crippen LogP contribution in [0.5, 0.6) is 11.5 Å². The maximum Gasteiger partial charge on any atom is 0.269 e. The quantitative estimate of drug-likeness (QED) is 0.439. The van der Waals surface area contributed by atoms with Gasteiger partial charge in [0.05, 0.1) is 17.6 Å². The summed E-state index contributed by atoms with van der Waals surface area (Å²) < 4.78 is 13.1. The van der Waals surface area contributed by atoms with E-state index < -0.39 is 4.92 Å². The smallest absolute Gasteiger partial charge is 0.269 e. The van der Waals surface area contributed by atoms with Crippen molar-refractivity contribution in [1.29, 1.82) is 0 Å². The highest BCUT2D eigenvalue weighted by Gasteiger charge is 2.15. The Bertz CT molecular complexity index is 1010. The largest absolute Gasteiger partial charge is 0.493 e. The second-order valence-electron chi connectivity index (χ2n) is 7.73. The van der Waals surface area contributed by atoms with E-state index in [1.807, 2.05) is 22.9 Å². The number of hydrogen-bond donors (Lipinski definition) is 1. The molecule has 30 heavy (non-hydrogen) atoms. The molecule has 0 atom stereocenters. The van der Waals surface area contributed by atoms with E-state index in [4.69, 9.17) is 9.47 Å². The molecule has 0 fully saturated rings. The lowest BCUT2D eigenvalue weighted by Crippen LogP contribution is -2.22. The van der Waals surface area contributed by atoms with E-state index in [0.717, 1.165) is 11.1 Å². The van der Waals surface area contributed by atoms with E-state index in [1.54, 1.807) is 25.6 Å². The molecule has 3 aromatic rings. The Labute approximate surface area is 174 Å². The van der Waals surface area contributed by atoms with Crippen molar-refractivity contribution in [3.05, 3.63) is 70.0 Å². The number of anilines is 1. The summed E-state index contributed by atoms with van der Waals surface area (Å²) in [6.07, 6.45) is 1.70. The van der Waals surface area contributed by atoms with E-state index in [0.29, 0.717) is 24.0 Å². The second-order valence-corrected chi connectivity index (χ2v) is 7.73. The number of nitro groups is 1. The minimum Gasteiger partial charge on any atom is -0.493 e. The Hall–Kier alpha value is -3.62. The van der Waals surface area contributed by atoms with Gasteiger partial charge >= 0.3 is 0 Å². The Morgan fingerprint density at radius 1 is 1.10 bits per heavy atom. The van der Waals surface area contributed by atoms with Crippen LogP contribution in [0.3, 0.4) is 0 Å². The van der Waals surface area contributed by atoms with Crippen molar-refractivity contribution < 1.29 is 14.4 Å². The van der Waals surface area contributed by atoms with Crippen LogP contribution in [0, 0.1) is 10.1 Å². The summed E-state index contributed by atoms with van der Waals surface area (Å²) in [7, 11) is 1.58. The van der Waals surface area contributed by atoms with Crippen LogP contribution in [0.1, 0.15) is 31.9 Å². The monoisotopic (exact) mass is 411 g/mol. The maximum absolute atomic E-state index is 10.8. The van der Waals surface area contributed by atoms with Gasteiger partial charge in [0.2, 0.25) is 5.95 Å². The van der Waals surface area contributed by atoms with Crippen LogP contribution in [0.25, 0.3) is 0 Å². The van der Waals surface area contributed by atoms with Crippen molar-refractivity contribution in [3.63, 3.8) is 0 Å². The molecule has 0 spiro atoms. The van der Waals surface area contributed by atoms with E-state index in [-0.39, 0.29) is 17.8 Å². The number of rotatable bonds is 8. The molecular formula is C21H25N5O4. The minimum absolute atomic E-state index is 0.0481. The van der Waals surface area contributed by atoms with Gasteiger partial charge in [0.1, 0.15) is 12.9 Å². The summed E-state index contributed by atoms with van der Waals surface area (Å²) in [5, 5.41) is 18.4. The van der Waals surface area contributed by atoms with Crippen LogP contribution in [-0.2, 0) is 18.7 Å². The molecule has 2 aromatic carbocycles. The van der Waals surface area contributed by atoms with E-state index in [1.165, 1.54) is 12.1 Å². The summed E-state index contributed by atoms with van der Waals surface area (Å²) in [5.74, 6) is 1.74. The second kappa shape index (κ2) is 8.81. The minimum atomic E-state index is -0.427. The average Bonchev–Trinajstić information content (AvgIpc) is 3.21. The molecule has 0 bridgehead atoms. The van der Waals surface area contributed by atoms with Crippen LogP contribution < -0.4 is 14.8 Å². The normalized spacial score (nSPS) is 11.2. The summed E-state index contributed by atoms with van der Waals surface area (Å²) in [4.78, 5) is 14.6. The third-order valence-electron chi connectivity index (χ3n) is 4.40. The third kappa shape index (κ3) is 5.25. The van der Waals surface area contributed by atoms with Gasteiger partial charge in [-0.25, -0.2) is 9.67 Å². The van der Waals surface area contributed by atoms with Crippen LogP contribution in [0.4, 0.5) is 11.6 Å². The fourth-order valence-electron chi connectivity index (χ4n) is 2.67. The average molecular weight is 411 g/mol. The van der Waals surface area contributed by atoms with Crippen molar-refractivity contribution in [2.45, 2.75) is 39.5 Å². The molecule has 0 radical (unpaired) electrons. The standard InChI is InChI=1S/C21H25N5O4/c1-21(2,3)25-14-23-20(24-25)22-12-16-7-10-18(29-4)19(11-16)30-13-15-5-8-17(9-6-15)26(27)28/h5-11,14H,12-13H2,1-4H3,(H,22,24). The molecule has 9 nitrogen and oxygen atoms in total. The first-order valence-electron chi connectivity index (χ1n) is 9.45. The number of nitrogens with one attached hydrogen (secondary N) is 1. The zero-order valence-corrected chi connectivity index (χ0v) is 17.5. The fraction of sp³-hybridized carbons (Fsp3) is 0.333. The van der Waals surface area contributed by atoms with Crippen LogP contribution >= 0.6 is 0 Å². The number of methoxy groups -OCH3 is 1. The molecule has 1 N–H and O–H groups in total. The molecule has 1 heterocycles. The SMILES string of the molecule is COc1ccc(CNc2ncn(C(C)(C)C)n2)cc1OCc1ccc([N+](=O)[O-])cc1. The van der Waals surface area contributed by atoms with Crippen molar-refractivity contribution in [2.75, 3.05) is 12.4 Å². The highest BCUT2D eigenvalue weighted by molar-refractivity contribution is 5.44. The lowest BCUT2D eigenvalue weighted by atomic mass is 10.1. The maximum atomic E-state index is 10.8. The highest BCUT2D eigenvalue weighted by Crippen LogP contribution is 2.29. The third-order valence-corrected chi connectivity index (χ3v) is 4.40. The van der Waals surface area contributed by atoms with Gasteiger partial charge in [-0.2, -0.15) is 0 Å². The molecule has 3 rings (SSSR count). The molecule has 0 unspecified atom stereocenters. The molecule has 0 aliphatic carbocycles. The van der Waals surface area contributed by atoms with Gasteiger partial charge in [-0.3, -0.25) is 10.1 Å². The van der Waals surface area contributed by atoms with E-state index in [2.05, 4.69) is 36.2 Å². The first-order chi connectivity index (χ1) is 14.3. The highest BCUT2D eigenvalue weighted by atomic mass is 16.6. The van der Waals surface area contributed by atoms with Crippen LogP contribution in [0.15, 0.2) is 48.8 Å². The molecule has 0 saturated heterocycles. The number of nitro benzene ring substituents is 1. The lowest BCUT2D eigenvalue weighted by molar-refractivity contribution is -0.384. The molecule has 158 valence electrons. The zero-order valence-electron chi connectivity index (χ0n) is 17.5. The predicted molar refractivity (Wildman–Crippen MR) is 113 cm³/mol. The molecule has 1 aromatic heterocycles. The summed E-state index contributed by atoms with van der Waals surface area (Å²) in [6, 6.07) is 11.9. The number of non-ortho nitro benzene ring substituents is 1. The van der Waals surface area contributed by atoms with Gasteiger partial charge in [-0.1, -0.05) is 6.07 Å². The Kier molecular flexibility index (Phi) is 6.20. The van der Waals surface area contributed by atoms with Crippen molar-refractivity contribution >= 4 is 11.6 Å². The van der Waals surface area contributed by atoms with Gasteiger partial charge in [0.15, 0.2) is 11.5 Å². The number of nitrogens with zero attached hydrogens (tertiary/aromatic N) is 4. The molecule has 0 amide bonds. The van der Waals surface area contributed by atoms with Crippen LogP contribution in [0.2, 0.25) is 0 Å². The number of hydrogen-bond acceptors (Lipinski definition) is 7. The summed E-state index contributed by atoms with van der Waals surface area (Å²) in [5.41, 5.74) is 1.71. The van der Waals surface area contributed by atoms with Gasteiger partial charge in [0, 0.05) is 18.7 Å². The first-order valence-corrected chi connectivity index (χ1v) is 9.45. The molecule has 0 aliphatic rings. The molecule has 0 aliphatic heterocycles. The lowest BCUT2D eigenvalue weighted by Gasteiger charge is -2.17. The van der Waals surface area contributed by atoms with Crippen molar-refractivity contribution in [2.24, 2.45) is 0 Å². The molecule has 9 heteroatoms. The summed E-state index contributed by atoms with van der Waals surface area (Å²) in [6.45, 7) is 6.96. The van der Waals surface area contributed by atoms with Gasteiger partial charge in [-0.05, 0) is 56.2 Å². The van der Waals surface area contributed by atoms with Crippen molar-refractivity contribution in [1.82, 2.24) is 14.8 Å². The Morgan fingerprint density at radius 3 is 2.40 bits per heavy atom. The number of benzene rings is 2. The Balaban J connectivity index is 1.65. The first kappa shape index (κ1) is 21.1. The Morgan fingerprint density at radius 2 is 1.80 bits per heavy atom. The van der Waals surface area contributed by atoms with E-state index >= 15 is 0 Å². The van der Waals surface area contributed by atoms with E-state index in [9.17, 15) is 10.1 Å². The zero-order chi connectivity index (χ0) is 21.7. The van der Waals surface area contributed by atoms with Gasteiger partial charge in [-0.15, -0.1) is 5.10 Å². The topological polar surface area (TPSA) is 104 Å². The fourth-order valence-corrected chi connectivity index (χ4v) is 2.67. The summed E-state index contributed by atoms with van der Waals surface area (Å²) >= 11 is 0.